The van der Waals surface area contributed by atoms with E-state index in [4.69, 9.17) is 9.26 Å². The molecule has 138 valence electrons. The fourth-order valence-electron chi connectivity index (χ4n) is 3.08. The number of likely N-dealkylation sites (tertiary alicyclic amines) is 1. The quantitative estimate of drug-likeness (QED) is 0.817. The summed E-state index contributed by atoms with van der Waals surface area (Å²) in [5, 5.41) is 3.94. The summed E-state index contributed by atoms with van der Waals surface area (Å²) in [4.78, 5) is 18.3. The van der Waals surface area contributed by atoms with E-state index < -0.39 is 17.5 Å². The first-order valence-electron chi connectivity index (χ1n) is 8.78. The zero-order valence-electron chi connectivity index (χ0n) is 14.2. The van der Waals surface area contributed by atoms with E-state index in [1.165, 1.54) is 6.07 Å². The maximum Gasteiger partial charge on any atom is 0.256 e. The highest BCUT2D eigenvalue weighted by atomic mass is 19.1. The summed E-state index contributed by atoms with van der Waals surface area (Å²) in [7, 11) is 0. The number of amides is 1. The fourth-order valence-corrected chi connectivity index (χ4v) is 3.08. The van der Waals surface area contributed by atoms with Gasteiger partial charge < -0.3 is 14.2 Å². The zero-order valence-corrected chi connectivity index (χ0v) is 14.2. The van der Waals surface area contributed by atoms with E-state index in [9.17, 15) is 13.6 Å². The average molecular weight is 363 g/mol. The molecule has 0 N–H and O–H groups in total. The minimum Gasteiger partial charge on any atom is -0.368 e. The Balaban J connectivity index is 1.27. The highest BCUT2D eigenvalue weighted by Gasteiger charge is 2.29. The molecule has 6 nitrogen and oxygen atoms in total. The number of carbonyl (C=O) groups excluding carboxylic acids is 1. The first-order valence-corrected chi connectivity index (χ1v) is 8.78. The molecule has 2 fully saturated rings. The van der Waals surface area contributed by atoms with Crippen LogP contribution in [0.4, 0.5) is 8.78 Å². The van der Waals surface area contributed by atoms with Crippen molar-refractivity contribution in [2.24, 2.45) is 0 Å². The molecule has 1 aromatic carbocycles. The van der Waals surface area contributed by atoms with Crippen molar-refractivity contribution in [3.05, 3.63) is 47.1 Å². The molecule has 1 saturated carbocycles. The Kier molecular flexibility index (Phi) is 4.67. The molecule has 1 aromatic heterocycles. The Morgan fingerprint density at radius 1 is 1.23 bits per heavy atom. The molecular formula is C18H19F2N3O3. The molecule has 26 heavy (non-hydrogen) atoms. The normalized spacial score (nSPS) is 18.3. The summed E-state index contributed by atoms with van der Waals surface area (Å²) < 4.78 is 37.7. The Morgan fingerprint density at radius 2 is 2.00 bits per heavy atom. The number of benzene rings is 1. The molecule has 1 amide bonds. The van der Waals surface area contributed by atoms with Gasteiger partial charge in [-0.05, 0) is 37.8 Å². The van der Waals surface area contributed by atoms with Crippen LogP contribution in [0.2, 0.25) is 0 Å². The van der Waals surface area contributed by atoms with E-state index in [1.54, 1.807) is 4.90 Å². The number of halogens is 2. The van der Waals surface area contributed by atoms with E-state index in [1.807, 2.05) is 0 Å². The fraction of sp³-hybridized carbons (Fsp3) is 0.500. The van der Waals surface area contributed by atoms with E-state index in [0.717, 1.165) is 30.8 Å². The van der Waals surface area contributed by atoms with Crippen molar-refractivity contribution in [1.29, 1.82) is 0 Å². The monoisotopic (exact) mass is 363 g/mol. The molecule has 0 spiro atoms. The summed E-state index contributed by atoms with van der Waals surface area (Å²) >= 11 is 0. The van der Waals surface area contributed by atoms with Crippen LogP contribution in [0, 0.1) is 11.6 Å². The van der Waals surface area contributed by atoms with Gasteiger partial charge in [0.05, 0.1) is 11.7 Å². The van der Waals surface area contributed by atoms with Gasteiger partial charge in [0.2, 0.25) is 0 Å². The van der Waals surface area contributed by atoms with Gasteiger partial charge in [-0.2, -0.15) is 4.98 Å². The van der Waals surface area contributed by atoms with Crippen LogP contribution >= 0.6 is 0 Å². The van der Waals surface area contributed by atoms with Crippen molar-refractivity contribution in [2.75, 3.05) is 13.1 Å². The van der Waals surface area contributed by atoms with Crippen molar-refractivity contribution in [3.8, 4) is 0 Å². The molecule has 0 bridgehead atoms. The number of hydrogen-bond donors (Lipinski definition) is 0. The first kappa shape index (κ1) is 17.1. The lowest BCUT2D eigenvalue weighted by Gasteiger charge is -2.31. The number of nitrogens with zero attached hydrogens (tertiary/aromatic N) is 3. The Labute approximate surface area is 149 Å². The van der Waals surface area contributed by atoms with Gasteiger partial charge in [-0.1, -0.05) is 5.16 Å². The molecule has 2 aliphatic rings. The molecule has 2 heterocycles. The van der Waals surface area contributed by atoms with E-state index in [-0.39, 0.29) is 18.3 Å². The molecule has 2 aromatic rings. The molecule has 1 saturated heterocycles. The van der Waals surface area contributed by atoms with Crippen molar-refractivity contribution in [1.82, 2.24) is 15.0 Å². The highest BCUT2D eigenvalue weighted by Crippen LogP contribution is 2.38. The van der Waals surface area contributed by atoms with Crippen molar-refractivity contribution < 1.29 is 22.8 Å². The summed E-state index contributed by atoms with van der Waals surface area (Å²) in [5.41, 5.74) is -0.107. The van der Waals surface area contributed by atoms with E-state index >= 15 is 0 Å². The number of rotatable bonds is 5. The summed E-state index contributed by atoms with van der Waals surface area (Å²) in [6.45, 7) is 1.17. The van der Waals surface area contributed by atoms with Crippen molar-refractivity contribution in [2.45, 2.75) is 44.3 Å². The van der Waals surface area contributed by atoms with Crippen LogP contribution in [-0.4, -0.2) is 40.1 Å². The van der Waals surface area contributed by atoms with Gasteiger partial charge in [0.25, 0.3) is 11.8 Å². The van der Waals surface area contributed by atoms with E-state index in [0.29, 0.717) is 37.7 Å². The maximum atomic E-state index is 13.8. The zero-order chi connectivity index (χ0) is 18.1. The molecule has 4 rings (SSSR count). The minimum absolute atomic E-state index is 0.0200. The van der Waals surface area contributed by atoms with Gasteiger partial charge in [-0.25, -0.2) is 8.78 Å². The SMILES string of the molecule is O=C(c1ccc(F)cc1F)N1CCC(OCc2nc(C3CC3)no2)CC1. The largest absolute Gasteiger partial charge is 0.368 e. The number of piperidine rings is 1. The predicted molar refractivity (Wildman–Crippen MR) is 86.3 cm³/mol. The second-order valence-corrected chi connectivity index (χ2v) is 6.75. The van der Waals surface area contributed by atoms with Crippen LogP contribution in [-0.2, 0) is 11.3 Å². The van der Waals surface area contributed by atoms with Crippen molar-refractivity contribution in [3.63, 3.8) is 0 Å². The third-order valence-corrected chi connectivity index (χ3v) is 4.76. The number of carbonyl (C=O) groups is 1. The van der Waals surface area contributed by atoms with E-state index in [2.05, 4.69) is 10.1 Å². The number of aromatic nitrogens is 2. The van der Waals surface area contributed by atoms with Crippen LogP contribution in [0.25, 0.3) is 0 Å². The van der Waals surface area contributed by atoms with Gasteiger partial charge in [0, 0.05) is 25.1 Å². The topological polar surface area (TPSA) is 68.5 Å². The lowest BCUT2D eigenvalue weighted by molar-refractivity contribution is -0.00985. The van der Waals surface area contributed by atoms with Crippen molar-refractivity contribution >= 4 is 5.91 Å². The molecule has 0 radical (unpaired) electrons. The highest BCUT2D eigenvalue weighted by molar-refractivity contribution is 5.94. The molecule has 8 heteroatoms. The molecular weight excluding hydrogens is 344 g/mol. The second kappa shape index (κ2) is 7.11. The third-order valence-electron chi connectivity index (χ3n) is 4.76. The van der Waals surface area contributed by atoms with Gasteiger partial charge >= 0.3 is 0 Å². The second-order valence-electron chi connectivity index (χ2n) is 6.75. The van der Waals surface area contributed by atoms with Crippen LogP contribution in [0.3, 0.4) is 0 Å². The molecule has 0 unspecified atom stereocenters. The Bertz CT molecular complexity index is 799. The lowest BCUT2D eigenvalue weighted by Crippen LogP contribution is -2.41. The molecule has 0 atom stereocenters. The third kappa shape index (κ3) is 3.75. The smallest absolute Gasteiger partial charge is 0.256 e. The predicted octanol–water partition coefficient (Wildman–Crippen LogP) is 3.05. The first-order chi connectivity index (χ1) is 12.6. The van der Waals surface area contributed by atoms with Gasteiger partial charge in [-0.3, -0.25) is 4.79 Å². The average Bonchev–Trinajstić information content (AvgIpc) is 3.38. The standard InChI is InChI=1S/C18H19F2N3O3/c19-12-3-4-14(15(20)9-12)18(24)23-7-5-13(6-8-23)25-10-16-21-17(22-26-16)11-1-2-11/h3-4,9,11,13H,1-2,5-8,10H2. The van der Waals surface area contributed by atoms with Gasteiger partial charge in [-0.15, -0.1) is 0 Å². The lowest BCUT2D eigenvalue weighted by atomic mass is 10.1. The van der Waals surface area contributed by atoms with Gasteiger partial charge in [0.15, 0.2) is 5.82 Å². The van der Waals surface area contributed by atoms with Crippen LogP contribution in [0.15, 0.2) is 22.7 Å². The molecule has 1 aliphatic heterocycles. The number of hydrogen-bond acceptors (Lipinski definition) is 5. The van der Waals surface area contributed by atoms with Crippen LogP contribution < -0.4 is 0 Å². The number of ether oxygens (including phenoxy) is 1. The summed E-state index contributed by atoms with van der Waals surface area (Å²) in [6.07, 6.45) is 3.48. The summed E-state index contributed by atoms with van der Waals surface area (Å²) in [6, 6.07) is 3.00. The van der Waals surface area contributed by atoms with Crippen LogP contribution in [0.1, 0.15) is 53.7 Å². The summed E-state index contributed by atoms with van der Waals surface area (Å²) in [5.74, 6) is -0.294. The minimum atomic E-state index is -0.837. The maximum absolute atomic E-state index is 13.8. The molecule has 1 aliphatic carbocycles. The van der Waals surface area contributed by atoms with Crippen LogP contribution in [0.5, 0.6) is 0 Å². The Morgan fingerprint density at radius 3 is 2.69 bits per heavy atom. The Hall–Kier alpha value is -2.35. The van der Waals surface area contributed by atoms with Gasteiger partial charge in [0.1, 0.15) is 18.2 Å².